The number of hydrogen-bond donors (Lipinski definition) is 3. The van der Waals surface area contributed by atoms with Gasteiger partial charge in [0.25, 0.3) is 0 Å². The van der Waals surface area contributed by atoms with Crippen molar-refractivity contribution in [3.63, 3.8) is 0 Å². The van der Waals surface area contributed by atoms with Crippen molar-refractivity contribution in [3.8, 4) is 0 Å². The average molecular weight is 357 g/mol. The van der Waals surface area contributed by atoms with Gasteiger partial charge in [-0.3, -0.25) is 9.59 Å². The zero-order chi connectivity index (χ0) is 19.7. The SMILES string of the molecule is COC(=O)N[C@H](C(=O)N[C@@H](CC(C)C)C(=O)N[C@@H](C)C(C)C)C(C)C. The van der Waals surface area contributed by atoms with Gasteiger partial charge in [-0.05, 0) is 31.1 Å². The molecule has 0 saturated carbocycles. The molecule has 3 atom stereocenters. The number of nitrogens with one attached hydrogen (secondary N) is 3. The largest absolute Gasteiger partial charge is 0.453 e. The van der Waals surface area contributed by atoms with E-state index in [1.807, 2.05) is 48.5 Å². The molecule has 0 aromatic rings. The molecule has 7 heteroatoms. The summed E-state index contributed by atoms with van der Waals surface area (Å²) in [4.78, 5) is 36.6. The molecule has 146 valence electrons. The molecular weight excluding hydrogens is 322 g/mol. The predicted molar refractivity (Wildman–Crippen MR) is 98.0 cm³/mol. The molecule has 0 spiro atoms. The first-order valence-electron chi connectivity index (χ1n) is 8.94. The summed E-state index contributed by atoms with van der Waals surface area (Å²) >= 11 is 0. The smallest absolute Gasteiger partial charge is 0.407 e. The molecule has 7 nitrogen and oxygen atoms in total. The topological polar surface area (TPSA) is 96.5 Å². The third kappa shape index (κ3) is 8.74. The van der Waals surface area contributed by atoms with Gasteiger partial charge in [0.15, 0.2) is 0 Å². The summed E-state index contributed by atoms with van der Waals surface area (Å²) in [5, 5.41) is 8.24. The number of hydrogen-bond acceptors (Lipinski definition) is 4. The monoisotopic (exact) mass is 357 g/mol. The lowest BCUT2D eigenvalue weighted by Crippen LogP contribution is -2.56. The number of rotatable bonds is 9. The highest BCUT2D eigenvalue weighted by Crippen LogP contribution is 2.09. The molecule has 3 amide bonds. The number of alkyl carbamates (subject to hydrolysis) is 1. The number of ether oxygens (including phenoxy) is 1. The molecule has 0 aromatic carbocycles. The van der Waals surface area contributed by atoms with E-state index in [-0.39, 0.29) is 23.8 Å². The first-order chi connectivity index (χ1) is 11.5. The molecule has 25 heavy (non-hydrogen) atoms. The first kappa shape index (κ1) is 23.2. The van der Waals surface area contributed by atoms with Crippen LogP contribution in [-0.2, 0) is 14.3 Å². The minimum absolute atomic E-state index is 0.00755. The van der Waals surface area contributed by atoms with Crippen molar-refractivity contribution in [3.05, 3.63) is 0 Å². The third-order valence-corrected chi connectivity index (χ3v) is 4.12. The molecule has 0 aromatic heterocycles. The second kappa shape index (κ2) is 10.9. The summed E-state index contributed by atoms with van der Waals surface area (Å²) in [6, 6.07) is -1.40. The van der Waals surface area contributed by atoms with Crippen molar-refractivity contribution in [1.29, 1.82) is 0 Å². The number of carbonyl (C=O) groups is 3. The van der Waals surface area contributed by atoms with Gasteiger partial charge in [0.1, 0.15) is 12.1 Å². The third-order valence-electron chi connectivity index (χ3n) is 4.12. The van der Waals surface area contributed by atoms with Crippen molar-refractivity contribution in [2.24, 2.45) is 17.8 Å². The van der Waals surface area contributed by atoms with Gasteiger partial charge < -0.3 is 20.7 Å². The van der Waals surface area contributed by atoms with E-state index in [1.165, 1.54) is 7.11 Å². The summed E-state index contributed by atoms with van der Waals surface area (Å²) in [5.74, 6) is -0.209. The van der Waals surface area contributed by atoms with Crippen molar-refractivity contribution in [2.75, 3.05) is 7.11 Å². The molecule has 0 rings (SSSR count). The minimum atomic E-state index is -0.766. The Balaban J connectivity index is 5.11. The van der Waals surface area contributed by atoms with E-state index in [2.05, 4.69) is 20.7 Å². The molecule has 0 radical (unpaired) electrons. The van der Waals surface area contributed by atoms with Gasteiger partial charge in [-0.15, -0.1) is 0 Å². The Morgan fingerprint density at radius 3 is 1.76 bits per heavy atom. The van der Waals surface area contributed by atoms with Crippen LogP contribution in [0.3, 0.4) is 0 Å². The van der Waals surface area contributed by atoms with Gasteiger partial charge >= 0.3 is 6.09 Å². The quantitative estimate of drug-likeness (QED) is 0.588. The lowest BCUT2D eigenvalue weighted by Gasteiger charge is -2.27. The molecule has 0 fully saturated rings. The zero-order valence-corrected chi connectivity index (χ0v) is 16.8. The van der Waals surface area contributed by atoms with Crippen LogP contribution in [0.25, 0.3) is 0 Å². The molecule has 0 heterocycles. The number of amides is 3. The van der Waals surface area contributed by atoms with Crippen LogP contribution in [0.4, 0.5) is 4.79 Å². The van der Waals surface area contributed by atoms with E-state index in [0.717, 1.165) is 0 Å². The molecule has 0 saturated heterocycles. The standard InChI is InChI=1S/C18H35N3O4/c1-10(2)9-14(16(22)19-13(7)11(3)4)20-17(23)15(12(5)6)21-18(24)25-8/h10-15H,9H2,1-8H3,(H,19,22)(H,20,23)(H,21,24)/t13-,14-,15-/m0/s1. The van der Waals surface area contributed by atoms with Crippen LogP contribution in [0.5, 0.6) is 0 Å². The highest BCUT2D eigenvalue weighted by atomic mass is 16.5. The molecule has 0 aliphatic heterocycles. The molecule has 0 aliphatic rings. The van der Waals surface area contributed by atoms with Gasteiger partial charge in [-0.2, -0.15) is 0 Å². The Morgan fingerprint density at radius 2 is 1.36 bits per heavy atom. The number of carbonyl (C=O) groups excluding carboxylic acids is 3. The van der Waals surface area contributed by atoms with Crippen LogP contribution in [0.2, 0.25) is 0 Å². The molecule has 0 aliphatic carbocycles. The summed E-state index contributed by atoms with van der Waals surface area (Å²) in [6.45, 7) is 13.6. The Morgan fingerprint density at radius 1 is 0.800 bits per heavy atom. The average Bonchev–Trinajstić information content (AvgIpc) is 2.50. The van der Waals surface area contributed by atoms with E-state index >= 15 is 0 Å². The van der Waals surface area contributed by atoms with E-state index in [9.17, 15) is 14.4 Å². The van der Waals surface area contributed by atoms with Crippen molar-refractivity contribution < 1.29 is 19.1 Å². The lowest BCUT2D eigenvalue weighted by molar-refractivity contribution is -0.131. The summed E-state index contributed by atoms with van der Waals surface area (Å²) < 4.78 is 4.57. The molecule has 3 N–H and O–H groups in total. The van der Waals surface area contributed by atoms with Gasteiger partial charge in [0, 0.05) is 6.04 Å². The maximum absolute atomic E-state index is 12.6. The normalized spacial score (nSPS) is 14.8. The van der Waals surface area contributed by atoms with Crippen LogP contribution in [0.1, 0.15) is 54.9 Å². The first-order valence-corrected chi connectivity index (χ1v) is 8.94. The number of methoxy groups -OCH3 is 1. The second-order valence-corrected chi connectivity index (χ2v) is 7.59. The fourth-order valence-corrected chi connectivity index (χ4v) is 2.18. The molecule has 0 bridgehead atoms. The van der Waals surface area contributed by atoms with Gasteiger partial charge in [-0.25, -0.2) is 4.79 Å². The van der Waals surface area contributed by atoms with Crippen LogP contribution >= 0.6 is 0 Å². The highest BCUT2D eigenvalue weighted by molar-refractivity contribution is 5.91. The van der Waals surface area contributed by atoms with Crippen LogP contribution in [0.15, 0.2) is 0 Å². The maximum Gasteiger partial charge on any atom is 0.407 e. The Labute approximate surface area is 151 Å². The lowest BCUT2D eigenvalue weighted by atomic mass is 9.99. The summed E-state index contributed by atoms with van der Waals surface area (Å²) in [6.07, 6.45) is -0.155. The van der Waals surface area contributed by atoms with Crippen LogP contribution in [0, 0.1) is 17.8 Å². The Bertz CT molecular complexity index is 450. The van der Waals surface area contributed by atoms with E-state index in [0.29, 0.717) is 12.3 Å². The fraction of sp³-hybridized carbons (Fsp3) is 0.833. The zero-order valence-electron chi connectivity index (χ0n) is 16.8. The highest BCUT2D eigenvalue weighted by Gasteiger charge is 2.30. The van der Waals surface area contributed by atoms with Gasteiger partial charge in [0.2, 0.25) is 11.8 Å². The van der Waals surface area contributed by atoms with E-state index < -0.39 is 24.1 Å². The van der Waals surface area contributed by atoms with Crippen LogP contribution < -0.4 is 16.0 Å². The molecule has 0 unspecified atom stereocenters. The summed E-state index contributed by atoms with van der Waals surface area (Å²) in [5.41, 5.74) is 0. The van der Waals surface area contributed by atoms with Gasteiger partial charge in [-0.1, -0.05) is 41.5 Å². The maximum atomic E-state index is 12.6. The van der Waals surface area contributed by atoms with Crippen molar-refractivity contribution >= 4 is 17.9 Å². The van der Waals surface area contributed by atoms with E-state index in [4.69, 9.17) is 0 Å². The van der Waals surface area contributed by atoms with Gasteiger partial charge in [0.05, 0.1) is 7.11 Å². The molecular formula is C18H35N3O4. The Hall–Kier alpha value is -1.79. The van der Waals surface area contributed by atoms with E-state index in [1.54, 1.807) is 0 Å². The van der Waals surface area contributed by atoms with Crippen molar-refractivity contribution in [2.45, 2.75) is 73.0 Å². The predicted octanol–water partition coefficient (Wildman–Crippen LogP) is 2.06. The minimum Gasteiger partial charge on any atom is -0.453 e. The summed E-state index contributed by atoms with van der Waals surface area (Å²) in [7, 11) is 1.24. The second-order valence-electron chi connectivity index (χ2n) is 7.59. The Kier molecular flexibility index (Phi) is 10.2. The fourth-order valence-electron chi connectivity index (χ4n) is 2.18. The van der Waals surface area contributed by atoms with Crippen molar-refractivity contribution in [1.82, 2.24) is 16.0 Å². The van der Waals surface area contributed by atoms with Crippen LogP contribution in [-0.4, -0.2) is 43.1 Å².